The van der Waals surface area contributed by atoms with Crippen molar-refractivity contribution in [1.82, 2.24) is 9.97 Å². The van der Waals surface area contributed by atoms with E-state index in [4.69, 9.17) is 9.52 Å². The summed E-state index contributed by atoms with van der Waals surface area (Å²) in [5, 5.41) is 8.76. The van der Waals surface area contributed by atoms with Crippen molar-refractivity contribution >= 4 is 5.97 Å². The van der Waals surface area contributed by atoms with E-state index >= 15 is 0 Å². The molecule has 15 heavy (non-hydrogen) atoms. The second-order valence-electron chi connectivity index (χ2n) is 2.52. The van der Waals surface area contributed by atoms with Gasteiger partial charge in [0.05, 0.1) is 0 Å². The largest absolute Gasteiger partial charge is 1.00 e. The van der Waals surface area contributed by atoms with Crippen molar-refractivity contribution in [2.75, 3.05) is 0 Å². The Morgan fingerprint density at radius 1 is 1.40 bits per heavy atom. The van der Waals surface area contributed by atoms with Crippen LogP contribution in [0.5, 0.6) is 0 Å². The number of carboxylic acids is 1. The smallest absolute Gasteiger partial charge is 0.572 e. The van der Waals surface area contributed by atoms with Crippen LogP contribution in [-0.4, -0.2) is 21.0 Å². The van der Waals surface area contributed by atoms with Gasteiger partial charge in [-0.3, -0.25) is 9.78 Å². The Kier molecular flexibility index (Phi) is 3.66. The van der Waals surface area contributed by atoms with Crippen molar-refractivity contribution in [3.63, 3.8) is 0 Å². The van der Waals surface area contributed by atoms with E-state index in [-0.39, 0.29) is 30.3 Å². The van der Waals surface area contributed by atoms with E-state index in [1.807, 2.05) is 0 Å². The van der Waals surface area contributed by atoms with E-state index in [1.165, 1.54) is 0 Å². The van der Waals surface area contributed by atoms with Crippen LogP contribution in [0.3, 0.4) is 0 Å². The van der Waals surface area contributed by atoms with Gasteiger partial charge < -0.3 is 14.5 Å². The molecule has 0 aliphatic heterocycles. The van der Waals surface area contributed by atoms with Gasteiger partial charge in [0.25, 0.3) is 5.97 Å². The van der Waals surface area contributed by atoms with Crippen molar-refractivity contribution in [2.45, 2.75) is 0 Å². The van der Waals surface area contributed by atoms with Crippen LogP contribution < -0.4 is 18.9 Å². The van der Waals surface area contributed by atoms with Crippen molar-refractivity contribution in [2.24, 2.45) is 0 Å². The normalized spacial score (nSPS) is 9.33. The topological polar surface area (TPSA) is 76.2 Å². The van der Waals surface area contributed by atoms with E-state index in [2.05, 4.69) is 16.4 Å². The van der Waals surface area contributed by atoms with Gasteiger partial charge in [0, 0.05) is 23.8 Å². The molecule has 0 aliphatic carbocycles. The fraction of sp³-hybridized carbons (Fsp3) is 0. The fourth-order valence-electron chi connectivity index (χ4n) is 1.06. The van der Waals surface area contributed by atoms with Gasteiger partial charge in [0.1, 0.15) is 6.39 Å². The predicted octanol–water partition coefficient (Wildman–Crippen LogP) is -1.76. The first-order valence-electron chi connectivity index (χ1n) is 3.79. The molecule has 6 heteroatoms. The van der Waals surface area contributed by atoms with Gasteiger partial charge in [0.2, 0.25) is 0 Å². The first-order valence-corrected chi connectivity index (χ1v) is 3.79. The molecule has 0 atom stereocenters. The maximum atomic E-state index is 10.7. The Morgan fingerprint density at radius 3 is 2.67 bits per heavy atom. The molecule has 0 aliphatic rings. The van der Waals surface area contributed by atoms with Gasteiger partial charge >= 0.3 is 18.9 Å². The van der Waals surface area contributed by atoms with Crippen LogP contribution in [0.4, 0.5) is 0 Å². The summed E-state index contributed by atoms with van der Waals surface area (Å²) in [7, 11) is 0. The van der Waals surface area contributed by atoms with Gasteiger partial charge in [-0.2, -0.15) is 0 Å². The first kappa shape index (κ1) is 11.5. The van der Waals surface area contributed by atoms with Crippen LogP contribution in [0.1, 0.15) is 10.5 Å². The van der Waals surface area contributed by atoms with Crippen LogP contribution in [0.15, 0.2) is 28.9 Å². The minimum absolute atomic E-state index is 0. The molecule has 2 aromatic rings. The number of hydrogen-bond acceptors (Lipinski definition) is 4. The monoisotopic (exact) mass is 196 g/mol. The van der Waals surface area contributed by atoms with Gasteiger partial charge in [-0.15, -0.1) is 0 Å². The number of aromatic nitrogens is 2. The number of hydrogen-bond donors (Lipinski definition) is 1. The summed E-state index contributed by atoms with van der Waals surface area (Å²) < 4.78 is 4.87. The number of pyridine rings is 1. The fourth-order valence-corrected chi connectivity index (χ4v) is 1.06. The molecule has 0 radical (unpaired) electrons. The van der Waals surface area contributed by atoms with E-state index < -0.39 is 5.97 Å². The summed E-state index contributed by atoms with van der Waals surface area (Å²) >= 11 is 0. The minimum atomic E-state index is -1.14. The molecule has 0 bridgehead atoms. The maximum Gasteiger partial charge on any atom is 1.00 e. The molecule has 0 saturated carbocycles. The van der Waals surface area contributed by atoms with Gasteiger partial charge in [-0.25, -0.2) is 0 Å². The van der Waals surface area contributed by atoms with Crippen LogP contribution in [0.25, 0.3) is 11.3 Å². The summed E-state index contributed by atoms with van der Waals surface area (Å²) in [6.07, 6.45) is 5.24. The molecule has 5 nitrogen and oxygen atoms in total. The second-order valence-corrected chi connectivity index (χ2v) is 2.52. The molecule has 0 fully saturated rings. The number of nitrogens with zero attached hydrogens (tertiary/aromatic N) is 2. The zero-order chi connectivity index (χ0) is 9.97. The molecule has 1 N–H and O–H groups in total. The summed E-state index contributed by atoms with van der Waals surface area (Å²) in [6, 6.07) is 3.28. The molecule has 0 amide bonds. The molecule has 2 heterocycles. The van der Waals surface area contributed by atoms with Crippen molar-refractivity contribution < 1.29 is 33.2 Å². The Labute approximate surface area is 97.3 Å². The van der Waals surface area contributed by atoms with Gasteiger partial charge in [-0.05, 0) is 17.7 Å². The first-order chi connectivity index (χ1) is 6.79. The standard InChI is InChI=1S/C9H5N2O3.Li/c12-9(13)7-8(14-5-11-7)6-1-3-10-4-2-6;/h1-4H,(H,12,13);/q-1;+1. The SMILES string of the molecule is O=C(O)c1n[c-]oc1-c1ccncc1.[Li+]. The quantitative estimate of drug-likeness (QED) is 0.454. The van der Waals surface area contributed by atoms with E-state index in [9.17, 15) is 4.79 Å². The zero-order valence-corrected chi connectivity index (χ0v) is 7.97. The number of carboxylic acid groups (broad SMARTS) is 1. The van der Waals surface area contributed by atoms with Crippen molar-refractivity contribution in [1.29, 1.82) is 0 Å². The van der Waals surface area contributed by atoms with Crippen molar-refractivity contribution in [3.8, 4) is 11.3 Å². The number of rotatable bonds is 2. The number of aromatic carboxylic acids is 1. The zero-order valence-electron chi connectivity index (χ0n) is 7.97. The minimum Gasteiger partial charge on any atom is -0.572 e. The molecule has 0 saturated heterocycles. The number of oxazole rings is 1. The van der Waals surface area contributed by atoms with Gasteiger partial charge in [0.15, 0.2) is 0 Å². The van der Waals surface area contributed by atoms with Crippen molar-refractivity contribution in [3.05, 3.63) is 36.6 Å². The second kappa shape index (κ2) is 4.78. The summed E-state index contributed by atoms with van der Waals surface area (Å²) in [6.45, 7) is 0. The average Bonchev–Trinajstić information content (AvgIpc) is 2.67. The Hall–Kier alpha value is -1.57. The third-order valence-electron chi connectivity index (χ3n) is 1.67. The van der Waals surface area contributed by atoms with Crippen LogP contribution in [0.2, 0.25) is 0 Å². The molecule has 0 spiro atoms. The summed E-state index contributed by atoms with van der Waals surface area (Å²) in [4.78, 5) is 18.0. The molecular formula is C9H5LiN2O3. The van der Waals surface area contributed by atoms with E-state index in [1.54, 1.807) is 24.5 Å². The third-order valence-corrected chi connectivity index (χ3v) is 1.67. The Morgan fingerprint density at radius 2 is 2.07 bits per heavy atom. The van der Waals surface area contributed by atoms with E-state index in [0.29, 0.717) is 5.56 Å². The maximum absolute atomic E-state index is 10.7. The van der Waals surface area contributed by atoms with E-state index in [0.717, 1.165) is 0 Å². The molecule has 70 valence electrons. The Bertz CT molecular complexity index is 455. The molecule has 0 unspecified atom stereocenters. The van der Waals surface area contributed by atoms with Crippen LogP contribution in [-0.2, 0) is 0 Å². The molecule has 0 aromatic carbocycles. The molecular weight excluding hydrogens is 191 g/mol. The Balaban J connectivity index is 0.00000112. The van der Waals surface area contributed by atoms with Gasteiger partial charge in [-0.1, -0.05) is 0 Å². The van der Waals surface area contributed by atoms with Crippen LogP contribution >= 0.6 is 0 Å². The predicted molar refractivity (Wildman–Crippen MR) is 45.5 cm³/mol. The molecule has 2 aromatic heterocycles. The summed E-state index contributed by atoms with van der Waals surface area (Å²) in [5.74, 6) is -0.943. The molecule has 2 rings (SSSR count). The number of carbonyl (C=O) groups is 1. The van der Waals surface area contributed by atoms with Crippen LogP contribution in [0, 0.1) is 6.39 Å². The average molecular weight is 196 g/mol. The third kappa shape index (κ3) is 2.26. The summed E-state index contributed by atoms with van der Waals surface area (Å²) in [5.41, 5.74) is 0.474.